The molecule has 2 heterocycles. The Morgan fingerprint density at radius 2 is 1.94 bits per heavy atom. The van der Waals surface area contributed by atoms with E-state index in [1.807, 2.05) is 49.6 Å². The zero-order chi connectivity index (χ0) is 26.1. The minimum absolute atomic E-state index is 0.218. The Kier molecular flexibility index (Phi) is 9.84. The van der Waals surface area contributed by atoms with Crippen molar-refractivity contribution < 1.29 is 28.6 Å². The topological polar surface area (TPSA) is 113 Å². The van der Waals surface area contributed by atoms with E-state index in [-0.39, 0.29) is 18.8 Å². The predicted octanol–water partition coefficient (Wildman–Crippen LogP) is 2.65. The monoisotopic (exact) mass is 497 g/mol. The van der Waals surface area contributed by atoms with Gasteiger partial charge in [-0.15, -0.1) is 0 Å². The molecule has 1 aliphatic heterocycles. The molecule has 0 saturated carbocycles. The summed E-state index contributed by atoms with van der Waals surface area (Å²) in [5.41, 5.74) is 8.09. The highest BCUT2D eigenvalue weighted by Gasteiger charge is 2.27. The maximum absolute atomic E-state index is 12.9. The van der Waals surface area contributed by atoms with Gasteiger partial charge in [-0.1, -0.05) is 36.8 Å². The molecule has 0 aliphatic carbocycles. The molecule has 36 heavy (non-hydrogen) atoms. The molecular weight excluding hydrogens is 462 g/mol. The van der Waals surface area contributed by atoms with Crippen LogP contribution in [0.5, 0.6) is 5.75 Å². The second-order valence-corrected chi connectivity index (χ2v) is 8.61. The number of ether oxygens (including phenoxy) is 3. The van der Waals surface area contributed by atoms with Gasteiger partial charge in [0, 0.05) is 31.9 Å². The fourth-order valence-corrected chi connectivity index (χ4v) is 4.31. The number of allylic oxidation sites excluding steroid dienone is 4. The molecule has 2 N–H and O–H groups in total. The Labute approximate surface area is 211 Å². The van der Waals surface area contributed by atoms with E-state index in [0.717, 1.165) is 24.2 Å². The highest BCUT2D eigenvalue weighted by Crippen LogP contribution is 2.35. The minimum atomic E-state index is -1.04. The van der Waals surface area contributed by atoms with E-state index in [1.54, 1.807) is 12.1 Å². The number of benzene rings is 1. The molecule has 2 aromatic rings. The number of amides is 1. The molecule has 1 saturated heterocycles. The van der Waals surface area contributed by atoms with Crippen molar-refractivity contribution in [1.29, 1.82) is 0 Å². The van der Waals surface area contributed by atoms with E-state index in [9.17, 15) is 14.4 Å². The van der Waals surface area contributed by atoms with Crippen molar-refractivity contribution in [3.8, 4) is 5.75 Å². The first-order chi connectivity index (χ1) is 17.4. The number of hydrogen-bond acceptors (Lipinski definition) is 7. The molecule has 1 aromatic carbocycles. The van der Waals surface area contributed by atoms with Crippen molar-refractivity contribution in [1.82, 2.24) is 9.47 Å². The van der Waals surface area contributed by atoms with Gasteiger partial charge in [-0.05, 0) is 32.4 Å². The number of ketones is 1. The minimum Gasteiger partial charge on any atom is -0.481 e. The van der Waals surface area contributed by atoms with Gasteiger partial charge in [0.25, 0.3) is 11.7 Å². The van der Waals surface area contributed by atoms with Crippen LogP contribution in [0.1, 0.15) is 36.8 Å². The standard InChI is InChI=1S/C27H35N3O6/c1-4-6-8-19(3)17-30-20(5-2)25(26(32)27(28)33)24-21(30)9-7-10-22(24)36-18-23(31)35-16-13-29-11-14-34-15-12-29/h4,6-10H,5,11-18H2,1-3H3,(H2,28,33)/b6-4-,19-8+. The molecule has 0 spiro atoms. The van der Waals surface area contributed by atoms with Gasteiger partial charge in [-0.25, -0.2) is 4.79 Å². The summed E-state index contributed by atoms with van der Waals surface area (Å²) in [7, 11) is 0. The quantitative estimate of drug-likeness (QED) is 0.208. The van der Waals surface area contributed by atoms with E-state index >= 15 is 0 Å². The van der Waals surface area contributed by atoms with E-state index < -0.39 is 17.7 Å². The summed E-state index contributed by atoms with van der Waals surface area (Å²) in [5.74, 6) is -2.01. The Bertz CT molecular complexity index is 1160. The third-order valence-corrected chi connectivity index (χ3v) is 6.05. The fourth-order valence-electron chi connectivity index (χ4n) is 4.31. The summed E-state index contributed by atoms with van der Waals surface area (Å²) >= 11 is 0. The Hall–Kier alpha value is -3.43. The zero-order valence-electron chi connectivity index (χ0n) is 21.2. The van der Waals surface area contributed by atoms with Gasteiger partial charge in [0.05, 0.1) is 29.7 Å². The van der Waals surface area contributed by atoms with Crippen LogP contribution in [0.2, 0.25) is 0 Å². The number of morpholine rings is 1. The van der Waals surface area contributed by atoms with Crippen LogP contribution in [0.25, 0.3) is 10.9 Å². The number of carbonyl (C=O) groups excluding carboxylic acids is 3. The number of primary amides is 1. The van der Waals surface area contributed by atoms with Crippen molar-refractivity contribution in [2.75, 3.05) is 46.1 Å². The smallest absolute Gasteiger partial charge is 0.344 e. The maximum atomic E-state index is 12.9. The Balaban J connectivity index is 1.86. The lowest BCUT2D eigenvalue weighted by Gasteiger charge is -2.26. The van der Waals surface area contributed by atoms with Gasteiger partial charge < -0.3 is 24.5 Å². The van der Waals surface area contributed by atoms with Gasteiger partial charge in [-0.3, -0.25) is 14.5 Å². The zero-order valence-corrected chi connectivity index (χ0v) is 21.2. The van der Waals surface area contributed by atoms with Crippen LogP contribution in [-0.2, 0) is 32.0 Å². The second-order valence-electron chi connectivity index (χ2n) is 8.61. The molecular formula is C27H35N3O6. The van der Waals surface area contributed by atoms with E-state index in [1.165, 1.54) is 0 Å². The first kappa shape index (κ1) is 27.2. The van der Waals surface area contributed by atoms with E-state index in [4.69, 9.17) is 19.9 Å². The maximum Gasteiger partial charge on any atom is 0.344 e. The van der Waals surface area contributed by atoms with Gasteiger partial charge >= 0.3 is 5.97 Å². The molecule has 1 aliphatic rings. The van der Waals surface area contributed by atoms with Crippen molar-refractivity contribution in [3.05, 3.63) is 53.3 Å². The second kappa shape index (κ2) is 13.0. The highest BCUT2D eigenvalue weighted by molar-refractivity contribution is 6.45. The van der Waals surface area contributed by atoms with Crippen LogP contribution >= 0.6 is 0 Å². The van der Waals surface area contributed by atoms with Crippen LogP contribution in [0.3, 0.4) is 0 Å². The molecule has 0 radical (unpaired) electrons. The molecule has 1 fully saturated rings. The van der Waals surface area contributed by atoms with Crippen molar-refractivity contribution in [2.24, 2.45) is 5.73 Å². The summed E-state index contributed by atoms with van der Waals surface area (Å²) < 4.78 is 18.5. The van der Waals surface area contributed by atoms with Crippen molar-refractivity contribution in [3.63, 3.8) is 0 Å². The predicted molar refractivity (Wildman–Crippen MR) is 137 cm³/mol. The average molecular weight is 498 g/mol. The molecule has 9 heteroatoms. The van der Waals surface area contributed by atoms with Crippen LogP contribution in [0.15, 0.2) is 42.0 Å². The molecule has 9 nitrogen and oxygen atoms in total. The summed E-state index contributed by atoms with van der Waals surface area (Å²) in [5, 5.41) is 0.470. The first-order valence-electron chi connectivity index (χ1n) is 12.2. The van der Waals surface area contributed by atoms with E-state index in [0.29, 0.717) is 49.6 Å². The number of fused-ring (bicyclic) bond motifs is 1. The Morgan fingerprint density at radius 1 is 1.19 bits per heavy atom. The molecule has 194 valence electrons. The number of nitrogens with zero attached hydrogens (tertiary/aromatic N) is 2. The van der Waals surface area contributed by atoms with Crippen molar-refractivity contribution in [2.45, 2.75) is 33.7 Å². The van der Waals surface area contributed by atoms with Gasteiger partial charge in [0.15, 0.2) is 6.61 Å². The van der Waals surface area contributed by atoms with Gasteiger partial charge in [-0.2, -0.15) is 0 Å². The number of carbonyl (C=O) groups is 3. The first-order valence-corrected chi connectivity index (χ1v) is 12.2. The lowest BCUT2D eigenvalue weighted by molar-refractivity contribution is -0.146. The molecule has 0 unspecified atom stereocenters. The normalized spacial score (nSPS) is 14.9. The van der Waals surface area contributed by atoms with Crippen LogP contribution in [0, 0.1) is 0 Å². The number of Topliss-reactive ketones (excluding diaryl/α,β-unsaturated/α-hetero) is 1. The number of hydrogen-bond donors (Lipinski definition) is 1. The van der Waals surface area contributed by atoms with Crippen LogP contribution < -0.4 is 10.5 Å². The molecule has 3 rings (SSSR count). The summed E-state index contributed by atoms with van der Waals surface area (Å²) in [6.45, 7) is 9.91. The Morgan fingerprint density at radius 3 is 2.61 bits per heavy atom. The van der Waals surface area contributed by atoms with E-state index in [2.05, 4.69) is 4.90 Å². The van der Waals surface area contributed by atoms with Crippen LogP contribution in [0.4, 0.5) is 0 Å². The third-order valence-electron chi connectivity index (χ3n) is 6.05. The number of rotatable bonds is 12. The summed E-state index contributed by atoms with van der Waals surface area (Å²) in [4.78, 5) is 39.4. The average Bonchev–Trinajstić information content (AvgIpc) is 3.19. The summed E-state index contributed by atoms with van der Waals surface area (Å²) in [6, 6.07) is 5.33. The molecule has 1 amide bonds. The highest BCUT2D eigenvalue weighted by atomic mass is 16.6. The van der Waals surface area contributed by atoms with Crippen molar-refractivity contribution >= 4 is 28.6 Å². The molecule has 0 atom stereocenters. The third kappa shape index (κ3) is 6.61. The fraction of sp³-hybridized carbons (Fsp3) is 0.444. The number of esters is 1. The molecule has 1 aromatic heterocycles. The summed E-state index contributed by atoms with van der Waals surface area (Å²) in [6.07, 6.45) is 6.38. The SMILES string of the molecule is C/C=C\C=C(/C)Cn1c(CC)c(C(=O)C(N)=O)c2c(OCC(=O)OCCN3CCOCC3)cccc21. The van der Waals surface area contributed by atoms with Gasteiger partial charge in [0.2, 0.25) is 0 Å². The largest absolute Gasteiger partial charge is 0.481 e. The van der Waals surface area contributed by atoms with Gasteiger partial charge in [0.1, 0.15) is 12.4 Å². The number of nitrogens with two attached hydrogens (primary N) is 1. The lowest BCUT2D eigenvalue weighted by Crippen LogP contribution is -2.38. The lowest BCUT2D eigenvalue weighted by atomic mass is 10.0. The number of aromatic nitrogens is 1. The van der Waals surface area contributed by atoms with Crippen LogP contribution in [-0.4, -0.2) is 73.2 Å². The molecule has 0 bridgehead atoms.